The number of hydrogen-bond donors (Lipinski definition) is 2. The first-order valence-electron chi connectivity index (χ1n) is 7.10. The summed E-state index contributed by atoms with van der Waals surface area (Å²) in [5, 5.41) is 2.95. The zero-order valence-electron chi connectivity index (χ0n) is 13.2. The minimum atomic E-state index is -0.667. The largest absolute Gasteiger partial charge is 0.324 e. The van der Waals surface area contributed by atoms with Crippen molar-refractivity contribution in [2.45, 2.75) is 32.2 Å². The van der Waals surface area contributed by atoms with Gasteiger partial charge in [0.25, 0.3) is 0 Å². The third-order valence-electron chi connectivity index (χ3n) is 3.43. The molecule has 0 aromatic heterocycles. The van der Waals surface area contributed by atoms with E-state index in [2.05, 4.69) is 26.1 Å². The summed E-state index contributed by atoms with van der Waals surface area (Å²) in [6.07, 6.45) is 0. The quantitative estimate of drug-likeness (QED) is 0.897. The summed E-state index contributed by atoms with van der Waals surface area (Å²) in [5.74, 6) is -0.196. The van der Waals surface area contributed by atoms with E-state index in [1.54, 1.807) is 0 Å². The number of halogens is 1. The van der Waals surface area contributed by atoms with Crippen LogP contribution >= 0.6 is 12.4 Å². The molecule has 0 bridgehead atoms. The van der Waals surface area contributed by atoms with Gasteiger partial charge in [-0.15, -0.1) is 12.4 Å². The predicted molar refractivity (Wildman–Crippen MR) is 94.4 cm³/mol. The van der Waals surface area contributed by atoms with E-state index in [9.17, 15) is 4.79 Å². The lowest BCUT2D eigenvalue weighted by atomic mass is 9.85. The van der Waals surface area contributed by atoms with Crippen LogP contribution < -0.4 is 11.1 Å². The molecule has 3 nitrogen and oxygen atoms in total. The lowest BCUT2D eigenvalue weighted by Gasteiger charge is -2.23. The van der Waals surface area contributed by atoms with Gasteiger partial charge in [-0.1, -0.05) is 69.3 Å². The first-order chi connectivity index (χ1) is 9.89. The van der Waals surface area contributed by atoms with Crippen molar-refractivity contribution in [1.29, 1.82) is 0 Å². The first kappa shape index (κ1) is 18.2. The summed E-state index contributed by atoms with van der Waals surface area (Å²) in [5.41, 5.74) is 8.72. The van der Waals surface area contributed by atoms with Crippen molar-refractivity contribution in [2.24, 2.45) is 5.73 Å². The van der Waals surface area contributed by atoms with Crippen molar-refractivity contribution in [3.8, 4) is 0 Å². The smallest absolute Gasteiger partial charge is 0.245 e. The molecule has 22 heavy (non-hydrogen) atoms. The van der Waals surface area contributed by atoms with Gasteiger partial charge in [-0.2, -0.15) is 0 Å². The second kappa shape index (κ2) is 7.43. The molecule has 118 valence electrons. The summed E-state index contributed by atoms with van der Waals surface area (Å²) in [7, 11) is 0. The number of hydrogen-bond acceptors (Lipinski definition) is 2. The summed E-state index contributed by atoms with van der Waals surface area (Å²) < 4.78 is 0. The average molecular weight is 319 g/mol. The molecule has 0 radical (unpaired) electrons. The molecular formula is C18H23ClN2O. The Labute approximate surface area is 138 Å². The highest BCUT2D eigenvalue weighted by molar-refractivity contribution is 5.96. The van der Waals surface area contributed by atoms with E-state index in [-0.39, 0.29) is 23.7 Å². The molecule has 3 N–H and O–H groups in total. The fourth-order valence-electron chi connectivity index (χ4n) is 2.27. The van der Waals surface area contributed by atoms with E-state index in [1.165, 1.54) is 0 Å². The number of amides is 1. The monoisotopic (exact) mass is 318 g/mol. The van der Waals surface area contributed by atoms with Gasteiger partial charge in [-0.05, 0) is 22.6 Å². The van der Waals surface area contributed by atoms with Crippen LogP contribution in [0.2, 0.25) is 0 Å². The van der Waals surface area contributed by atoms with Gasteiger partial charge in [-0.3, -0.25) is 4.79 Å². The van der Waals surface area contributed by atoms with Gasteiger partial charge in [0, 0.05) is 5.69 Å². The van der Waals surface area contributed by atoms with Crippen LogP contribution in [0.3, 0.4) is 0 Å². The maximum Gasteiger partial charge on any atom is 0.245 e. The topological polar surface area (TPSA) is 55.1 Å². The maximum atomic E-state index is 12.4. The number of nitrogens with two attached hydrogens (primary N) is 1. The molecule has 0 spiro atoms. The number of para-hydroxylation sites is 1. The molecule has 0 aliphatic rings. The Morgan fingerprint density at radius 1 is 1.00 bits per heavy atom. The van der Waals surface area contributed by atoms with Crippen LogP contribution in [0.5, 0.6) is 0 Å². The molecule has 2 rings (SSSR count). The van der Waals surface area contributed by atoms with Crippen LogP contribution in [0.1, 0.15) is 37.9 Å². The molecule has 0 fully saturated rings. The zero-order chi connectivity index (χ0) is 15.5. The number of nitrogens with one attached hydrogen (secondary N) is 1. The Hall–Kier alpha value is -1.84. The van der Waals surface area contributed by atoms with E-state index < -0.39 is 6.04 Å². The van der Waals surface area contributed by atoms with Gasteiger partial charge in [-0.25, -0.2) is 0 Å². The van der Waals surface area contributed by atoms with Crippen LogP contribution in [-0.4, -0.2) is 5.91 Å². The van der Waals surface area contributed by atoms with Crippen LogP contribution in [0.15, 0.2) is 54.6 Å². The molecule has 0 aliphatic carbocycles. The van der Waals surface area contributed by atoms with Crippen LogP contribution in [-0.2, 0) is 10.2 Å². The molecule has 1 amide bonds. The normalized spacial score (nSPS) is 12.2. The number of benzene rings is 2. The molecule has 1 atom stereocenters. The minimum absolute atomic E-state index is 0. The summed E-state index contributed by atoms with van der Waals surface area (Å²) in [6, 6.07) is 16.6. The van der Waals surface area contributed by atoms with E-state index in [1.807, 2.05) is 54.6 Å². The number of carbonyl (C=O) groups excluding carboxylic acids is 1. The third-order valence-corrected chi connectivity index (χ3v) is 3.43. The number of anilines is 1. The molecule has 0 saturated carbocycles. The van der Waals surface area contributed by atoms with Gasteiger partial charge in [0.15, 0.2) is 0 Å². The van der Waals surface area contributed by atoms with E-state index in [0.717, 1.165) is 16.8 Å². The maximum absolute atomic E-state index is 12.4. The average Bonchev–Trinajstić information content (AvgIpc) is 2.47. The fourth-order valence-corrected chi connectivity index (χ4v) is 2.27. The van der Waals surface area contributed by atoms with Crippen LogP contribution in [0, 0.1) is 0 Å². The highest BCUT2D eigenvalue weighted by Gasteiger charge is 2.21. The molecule has 2 aromatic carbocycles. The summed E-state index contributed by atoms with van der Waals surface area (Å²) in [6.45, 7) is 6.36. The Balaban J connectivity index is 0.00000242. The fraction of sp³-hybridized carbons (Fsp3) is 0.278. The number of rotatable bonds is 3. The molecule has 0 heterocycles. The predicted octanol–water partition coefficient (Wildman–Crippen LogP) is 4.04. The van der Waals surface area contributed by atoms with Crippen molar-refractivity contribution < 1.29 is 4.79 Å². The minimum Gasteiger partial charge on any atom is -0.324 e. The first-order valence-corrected chi connectivity index (χ1v) is 7.10. The third kappa shape index (κ3) is 4.33. The molecule has 2 aromatic rings. The van der Waals surface area contributed by atoms with Gasteiger partial charge < -0.3 is 11.1 Å². The van der Waals surface area contributed by atoms with Gasteiger partial charge in [0.05, 0.1) is 0 Å². The molecule has 0 saturated heterocycles. The lowest BCUT2D eigenvalue weighted by molar-refractivity contribution is -0.117. The van der Waals surface area contributed by atoms with E-state index >= 15 is 0 Å². The highest BCUT2D eigenvalue weighted by Crippen LogP contribution is 2.29. The van der Waals surface area contributed by atoms with Crippen molar-refractivity contribution in [3.05, 3.63) is 65.7 Å². The van der Waals surface area contributed by atoms with E-state index in [0.29, 0.717) is 0 Å². The molecule has 0 aliphatic heterocycles. The van der Waals surface area contributed by atoms with Crippen LogP contribution in [0.4, 0.5) is 5.69 Å². The van der Waals surface area contributed by atoms with Crippen molar-refractivity contribution >= 4 is 24.0 Å². The number of carbonyl (C=O) groups is 1. The van der Waals surface area contributed by atoms with Crippen molar-refractivity contribution in [1.82, 2.24) is 0 Å². The highest BCUT2D eigenvalue weighted by atomic mass is 35.5. The summed E-state index contributed by atoms with van der Waals surface area (Å²) in [4.78, 5) is 12.4. The lowest BCUT2D eigenvalue weighted by Crippen LogP contribution is -2.29. The second-order valence-corrected chi connectivity index (χ2v) is 6.17. The van der Waals surface area contributed by atoms with Gasteiger partial charge in [0.2, 0.25) is 5.91 Å². The van der Waals surface area contributed by atoms with Crippen molar-refractivity contribution in [2.75, 3.05) is 5.32 Å². The second-order valence-electron chi connectivity index (χ2n) is 6.17. The molecule has 1 unspecified atom stereocenters. The van der Waals surface area contributed by atoms with Crippen LogP contribution in [0.25, 0.3) is 0 Å². The van der Waals surface area contributed by atoms with E-state index in [4.69, 9.17) is 5.73 Å². The zero-order valence-corrected chi connectivity index (χ0v) is 14.0. The molecule has 4 heteroatoms. The Morgan fingerprint density at radius 3 is 2.14 bits per heavy atom. The van der Waals surface area contributed by atoms with Gasteiger partial charge >= 0.3 is 0 Å². The van der Waals surface area contributed by atoms with Gasteiger partial charge in [0.1, 0.15) is 6.04 Å². The van der Waals surface area contributed by atoms with Crippen molar-refractivity contribution in [3.63, 3.8) is 0 Å². The molecular weight excluding hydrogens is 296 g/mol. The summed E-state index contributed by atoms with van der Waals surface area (Å²) >= 11 is 0. The Kier molecular flexibility index (Phi) is 6.15. The SMILES string of the molecule is CC(C)(C)c1ccccc1NC(=O)C(N)c1ccccc1.Cl. The standard InChI is InChI=1S/C18H22N2O.ClH/c1-18(2,3)14-11-7-8-12-15(14)20-17(21)16(19)13-9-5-4-6-10-13;/h4-12,16H,19H2,1-3H3,(H,20,21);1H. The Morgan fingerprint density at radius 2 is 1.55 bits per heavy atom. The Bertz CT molecular complexity index is 620.